The lowest BCUT2D eigenvalue weighted by Crippen LogP contribution is -2.50. The molecule has 0 aliphatic heterocycles. The van der Waals surface area contributed by atoms with Crippen LogP contribution in [0.5, 0.6) is 0 Å². The van der Waals surface area contributed by atoms with E-state index < -0.39 is 6.04 Å². The zero-order valence-electron chi connectivity index (χ0n) is 17.8. The molecular formula is C21H33N3O3S2. The number of hydrogen-bond donors (Lipinski definition) is 2. The molecule has 0 heterocycles. The third-order valence-corrected chi connectivity index (χ3v) is 5.90. The Hall–Kier alpha value is -1.51. The van der Waals surface area contributed by atoms with Gasteiger partial charge in [-0.2, -0.15) is 11.8 Å². The van der Waals surface area contributed by atoms with E-state index in [0.29, 0.717) is 25.1 Å². The monoisotopic (exact) mass is 439 g/mol. The lowest BCUT2D eigenvalue weighted by Gasteiger charge is -2.22. The standard InChI is InChI=1S/C21H33N3O3S2/c1-16(25)29-15-18(14-17-8-6-5-7-9-17)20(26)23-19(10-13-28-4)21(27)22-11-12-24(2)3/h5-9,18-19H,10-15H2,1-4H3,(H,22,27)(H,23,26)/t18-,19+/m1/s1. The van der Waals surface area contributed by atoms with Crippen molar-refractivity contribution < 1.29 is 14.4 Å². The van der Waals surface area contributed by atoms with E-state index in [-0.39, 0.29) is 22.8 Å². The van der Waals surface area contributed by atoms with E-state index >= 15 is 0 Å². The highest BCUT2D eigenvalue weighted by atomic mass is 32.2. The van der Waals surface area contributed by atoms with E-state index in [1.807, 2.05) is 55.6 Å². The van der Waals surface area contributed by atoms with Gasteiger partial charge in [-0.3, -0.25) is 14.4 Å². The number of amides is 2. The van der Waals surface area contributed by atoms with Gasteiger partial charge in [0.15, 0.2) is 5.12 Å². The SMILES string of the molecule is CSCC[C@H](NC(=O)[C@@H](CSC(C)=O)Cc1ccccc1)C(=O)NCCN(C)C. The van der Waals surface area contributed by atoms with Crippen molar-refractivity contribution in [3.63, 3.8) is 0 Å². The normalized spacial score (nSPS) is 13.0. The first-order chi connectivity index (χ1) is 13.8. The predicted molar refractivity (Wildman–Crippen MR) is 123 cm³/mol. The summed E-state index contributed by atoms with van der Waals surface area (Å²) in [4.78, 5) is 39.0. The molecule has 1 rings (SSSR count). The van der Waals surface area contributed by atoms with E-state index in [9.17, 15) is 14.4 Å². The fraction of sp³-hybridized carbons (Fsp3) is 0.571. The molecule has 0 bridgehead atoms. The second kappa shape index (κ2) is 14.5. The summed E-state index contributed by atoms with van der Waals surface area (Å²) in [5.41, 5.74) is 1.04. The van der Waals surface area contributed by atoms with Gasteiger partial charge in [0.05, 0.1) is 5.92 Å². The minimum atomic E-state index is -0.572. The van der Waals surface area contributed by atoms with Crippen LogP contribution in [0.2, 0.25) is 0 Å². The van der Waals surface area contributed by atoms with Crippen LogP contribution in [0.1, 0.15) is 18.9 Å². The lowest BCUT2D eigenvalue weighted by atomic mass is 9.99. The summed E-state index contributed by atoms with van der Waals surface area (Å²) in [5.74, 6) is 0.451. The Morgan fingerprint density at radius 3 is 2.38 bits per heavy atom. The number of carbonyl (C=O) groups is 3. The van der Waals surface area contributed by atoms with Gasteiger partial charge < -0.3 is 15.5 Å². The van der Waals surface area contributed by atoms with Gasteiger partial charge in [0.1, 0.15) is 6.04 Å². The molecule has 0 fully saturated rings. The van der Waals surface area contributed by atoms with Crippen molar-refractivity contribution in [2.75, 3.05) is 44.9 Å². The van der Waals surface area contributed by atoms with Gasteiger partial charge in [-0.1, -0.05) is 42.1 Å². The van der Waals surface area contributed by atoms with Crippen LogP contribution in [-0.4, -0.2) is 72.8 Å². The Labute approximate surface area is 182 Å². The maximum absolute atomic E-state index is 13.0. The highest BCUT2D eigenvalue weighted by Crippen LogP contribution is 2.16. The van der Waals surface area contributed by atoms with Crippen molar-refractivity contribution in [1.82, 2.24) is 15.5 Å². The van der Waals surface area contributed by atoms with E-state index in [4.69, 9.17) is 0 Å². The summed E-state index contributed by atoms with van der Waals surface area (Å²) in [6.45, 7) is 2.77. The van der Waals surface area contributed by atoms with Crippen LogP contribution >= 0.6 is 23.5 Å². The first-order valence-corrected chi connectivity index (χ1v) is 12.1. The minimum absolute atomic E-state index is 0.0174. The van der Waals surface area contributed by atoms with Gasteiger partial charge in [0.2, 0.25) is 11.8 Å². The van der Waals surface area contributed by atoms with Crippen LogP contribution in [-0.2, 0) is 20.8 Å². The molecule has 6 nitrogen and oxygen atoms in total. The minimum Gasteiger partial charge on any atom is -0.353 e. The molecule has 162 valence electrons. The maximum Gasteiger partial charge on any atom is 0.242 e. The highest BCUT2D eigenvalue weighted by Gasteiger charge is 2.26. The van der Waals surface area contributed by atoms with Gasteiger partial charge in [0.25, 0.3) is 0 Å². The average Bonchev–Trinajstić information content (AvgIpc) is 2.68. The quantitative estimate of drug-likeness (QED) is 0.490. The molecule has 2 atom stereocenters. The van der Waals surface area contributed by atoms with Gasteiger partial charge in [-0.15, -0.1) is 0 Å². The van der Waals surface area contributed by atoms with Crippen LogP contribution in [0.4, 0.5) is 0 Å². The Balaban J connectivity index is 2.79. The number of likely N-dealkylation sites (N-methyl/N-ethyl adjacent to an activating group) is 1. The maximum atomic E-state index is 13.0. The topological polar surface area (TPSA) is 78.5 Å². The van der Waals surface area contributed by atoms with Crippen LogP contribution in [0.15, 0.2) is 30.3 Å². The third-order valence-electron chi connectivity index (χ3n) is 4.29. The molecule has 8 heteroatoms. The van der Waals surface area contributed by atoms with Crippen molar-refractivity contribution >= 4 is 40.5 Å². The van der Waals surface area contributed by atoms with Crippen molar-refractivity contribution in [2.24, 2.45) is 5.92 Å². The Bertz CT molecular complexity index is 641. The molecule has 1 aromatic rings. The fourth-order valence-electron chi connectivity index (χ4n) is 2.66. The van der Waals surface area contributed by atoms with E-state index in [0.717, 1.165) is 29.6 Å². The zero-order chi connectivity index (χ0) is 21.6. The number of rotatable bonds is 13. The molecule has 0 aliphatic rings. The van der Waals surface area contributed by atoms with Gasteiger partial charge in [-0.25, -0.2) is 0 Å². The molecular weight excluding hydrogens is 406 g/mol. The molecule has 0 saturated carbocycles. The summed E-state index contributed by atoms with van der Waals surface area (Å²) in [6, 6.07) is 9.16. The van der Waals surface area contributed by atoms with Gasteiger partial charge >= 0.3 is 0 Å². The summed E-state index contributed by atoms with van der Waals surface area (Å²) < 4.78 is 0. The zero-order valence-corrected chi connectivity index (χ0v) is 19.4. The molecule has 0 aromatic heterocycles. The van der Waals surface area contributed by atoms with Crippen LogP contribution < -0.4 is 10.6 Å². The van der Waals surface area contributed by atoms with Crippen molar-refractivity contribution in [1.29, 1.82) is 0 Å². The Kier molecular flexibility index (Phi) is 12.7. The molecule has 0 spiro atoms. The van der Waals surface area contributed by atoms with E-state index in [1.165, 1.54) is 6.92 Å². The van der Waals surface area contributed by atoms with E-state index in [2.05, 4.69) is 10.6 Å². The number of nitrogens with zero attached hydrogens (tertiary/aromatic N) is 1. The van der Waals surface area contributed by atoms with Gasteiger partial charge in [-0.05, 0) is 44.5 Å². The number of carbonyl (C=O) groups excluding carboxylic acids is 3. The van der Waals surface area contributed by atoms with Crippen molar-refractivity contribution in [3.8, 4) is 0 Å². The molecule has 0 radical (unpaired) electrons. The third kappa shape index (κ3) is 11.3. The average molecular weight is 440 g/mol. The summed E-state index contributed by atoms with van der Waals surface area (Å²) in [5, 5.41) is 5.82. The first kappa shape index (κ1) is 25.5. The molecule has 0 saturated heterocycles. The smallest absolute Gasteiger partial charge is 0.242 e. The predicted octanol–water partition coefficient (Wildman–Crippen LogP) is 2.04. The summed E-state index contributed by atoms with van der Waals surface area (Å²) in [6.07, 6.45) is 3.08. The Morgan fingerprint density at radius 1 is 1.10 bits per heavy atom. The first-order valence-electron chi connectivity index (χ1n) is 9.72. The van der Waals surface area contributed by atoms with Gasteiger partial charge in [0, 0.05) is 25.8 Å². The number of nitrogens with one attached hydrogen (secondary N) is 2. The lowest BCUT2D eigenvalue weighted by molar-refractivity contribution is -0.130. The second-order valence-corrected chi connectivity index (χ2v) is 9.31. The summed E-state index contributed by atoms with van der Waals surface area (Å²) in [7, 11) is 3.89. The number of hydrogen-bond acceptors (Lipinski definition) is 6. The van der Waals surface area contributed by atoms with E-state index in [1.54, 1.807) is 11.8 Å². The van der Waals surface area contributed by atoms with Crippen molar-refractivity contribution in [2.45, 2.75) is 25.8 Å². The van der Waals surface area contributed by atoms with Crippen LogP contribution in [0.3, 0.4) is 0 Å². The molecule has 0 unspecified atom stereocenters. The molecule has 2 N–H and O–H groups in total. The fourth-order valence-corrected chi connectivity index (χ4v) is 3.84. The largest absolute Gasteiger partial charge is 0.353 e. The summed E-state index contributed by atoms with van der Waals surface area (Å²) >= 11 is 2.79. The molecule has 0 aliphatic carbocycles. The highest BCUT2D eigenvalue weighted by molar-refractivity contribution is 8.13. The number of thioether (sulfide) groups is 2. The molecule has 2 amide bonds. The molecule has 29 heavy (non-hydrogen) atoms. The molecule has 1 aromatic carbocycles. The van der Waals surface area contributed by atoms with Crippen LogP contribution in [0, 0.1) is 5.92 Å². The number of benzene rings is 1. The Morgan fingerprint density at radius 2 is 1.79 bits per heavy atom. The van der Waals surface area contributed by atoms with Crippen LogP contribution in [0.25, 0.3) is 0 Å². The second-order valence-electron chi connectivity index (χ2n) is 7.13. The van der Waals surface area contributed by atoms with Crippen molar-refractivity contribution in [3.05, 3.63) is 35.9 Å².